The Hall–Kier alpha value is -2.98. The predicted octanol–water partition coefficient (Wildman–Crippen LogP) is 3.81. The van der Waals surface area contributed by atoms with Gasteiger partial charge < -0.3 is 15.5 Å². The Morgan fingerprint density at radius 1 is 1.08 bits per heavy atom. The lowest BCUT2D eigenvalue weighted by molar-refractivity contribution is -0.137. The molecule has 0 radical (unpaired) electrons. The topological polar surface area (TPSA) is 77.6 Å². The quantitative estimate of drug-likeness (QED) is 0.542. The van der Waals surface area contributed by atoms with E-state index in [4.69, 9.17) is 4.98 Å². The van der Waals surface area contributed by atoms with E-state index in [0.717, 1.165) is 63.9 Å². The summed E-state index contributed by atoms with van der Waals surface area (Å²) in [5.41, 5.74) is 1.36. The molecule has 1 saturated carbocycles. The summed E-state index contributed by atoms with van der Waals surface area (Å²) in [6, 6.07) is 8.98. The summed E-state index contributed by atoms with van der Waals surface area (Å²) < 4.78 is 38.6. The van der Waals surface area contributed by atoms with Gasteiger partial charge in [0, 0.05) is 55.1 Å². The Labute approximate surface area is 221 Å². The molecular formula is C28H36F3N5O2. The second-order valence-electron chi connectivity index (χ2n) is 10.6. The molecule has 2 N–H and O–H groups in total. The summed E-state index contributed by atoms with van der Waals surface area (Å²) >= 11 is 0. The number of halogens is 3. The first-order chi connectivity index (χ1) is 18.1. The number of rotatable bonds is 8. The van der Waals surface area contributed by atoms with Gasteiger partial charge in [-0.15, -0.1) is 0 Å². The van der Waals surface area contributed by atoms with E-state index in [0.29, 0.717) is 12.0 Å². The van der Waals surface area contributed by atoms with Crippen LogP contribution in [-0.2, 0) is 17.5 Å². The molecule has 2 heterocycles. The molecule has 1 atom stereocenters. The highest BCUT2D eigenvalue weighted by atomic mass is 19.4. The van der Waals surface area contributed by atoms with Crippen LogP contribution in [0.5, 0.6) is 0 Å². The molecule has 2 amide bonds. The molecule has 1 aromatic heterocycles. The molecule has 10 heteroatoms. The molecule has 1 aromatic carbocycles. The molecule has 2 fully saturated rings. The summed E-state index contributed by atoms with van der Waals surface area (Å²) in [7, 11) is 4.10. The molecule has 2 aliphatic rings. The summed E-state index contributed by atoms with van der Waals surface area (Å²) in [5.74, 6) is -0.569. The van der Waals surface area contributed by atoms with Gasteiger partial charge in [0.2, 0.25) is 5.91 Å². The summed E-state index contributed by atoms with van der Waals surface area (Å²) in [5, 5.41) is 5.37. The molecule has 7 nitrogen and oxygen atoms in total. The predicted molar refractivity (Wildman–Crippen MR) is 139 cm³/mol. The van der Waals surface area contributed by atoms with Gasteiger partial charge >= 0.3 is 6.18 Å². The minimum atomic E-state index is -4.53. The number of pyridine rings is 1. The van der Waals surface area contributed by atoms with Gasteiger partial charge in [0.1, 0.15) is 0 Å². The normalized spacial score (nSPS) is 22.4. The van der Waals surface area contributed by atoms with Crippen molar-refractivity contribution in [2.45, 2.75) is 62.8 Å². The maximum absolute atomic E-state index is 12.9. The van der Waals surface area contributed by atoms with Gasteiger partial charge in [-0.2, -0.15) is 13.2 Å². The third kappa shape index (κ3) is 7.54. The lowest BCUT2D eigenvalue weighted by Gasteiger charge is -2.34. The number of carbonyl (C=O) groups is 2. The zero-order valence-corrected chi connectivity index (χ0v) is 21.9. The van der Waals surface area contributed by atoms with Crippen molar-refractivity contribution in [1.29, 1.82) is 0 Å². The fourth-order valence-electron chi connectivity index (χ4n) is 5.49. The zero-order chi connectivity index (χ0) is 27.3. The lowest BCUT2D eigenvalue weighted by Crippen LogP contribution is -2.44. The highest BCUT2D eigenvalue weighted by molar-refractivity contribution is 5.96. The van der Waals surface area contributed by atoms with E-state index in [1.54, 1.807) is 0 Å². The number of hydrogen-bond donors (Lipinski definition) is 2. The molecule has 2 aromatic rings. The van der Waals surface area contributed by atoms with Crippen LogP contribution in [0.25, 0.3) is 0 Å². The molecule has 0 bridgehead atoms. The lowest BCUT2D eigenvalue weighted by atomic mass is 9.83. The average Bonchev–Trinajstić information content (AvgIpc) is 3.35. The average molecular weight is 532 g/mol. The maximum Gasteiger partial charge on any atom is 0.416 e. The number of nitrogens with one attached hydrogen (secondary N) is 2. The maximum atomic E-state index is 12.9. The Kier molecular flexibility index (Phi) is 9.04. The number of nitrogens with zero attached hydrogens (tertiary/aromatic N) is 3. The van der Waals surface area contributed by atoms with Crippen LogP contribution in [0.1, 0.15) is 65.2 Å². The van der Waals surface area contributed by atoms with Crippen molar-refractivity contribution >= 4 is 11.8 Å². The van der Waals surface area contributed by atoms with Crippen LogP contribution in [0.2, 0.25) is 0 Å². The van der Waals surface area contributed by atoms with Crippen LogP contribution in [0.15, 0.2) is 42.6 Å². The second kappa shape index (κ2) is 12.3. The summed E-state index contributed by atoms with van der Waals surface area (Å²) in [6.07, 6.45) is 2.67. The van der Waals surface area contributed by atoms with Gasteiger partial charge in [-0.05, 0) is 76.0 Å². The van der Waals surface area contributed by atoms with Crippen molar-refractivity contribution in [2.24, 2.45) is 0 Å². The van der Waals surface area contributed by atoms with E-state index < -0.39 is 17.6 Å². The highest BCUT2D eigenvalue weighted by Gasteiger charge is 2.33. The van der Waals surface area contributed by atoms with E-state index in [9.17, 15) is 22.8 Å². The van der Waals surface area contributed by atoms with Crippen LogP contribution in [0.4, 0.5) is 13.2 Å². The first-order valence-corrected chi connectivity index (χ1v) is 13.2. The van der Waals surface area contributed by atoms with Crippen molar-refractivity contribution < 1.29 is 22.8 Å². The Balaban J connectivity index is 1.18. The monoisotopic (exact) mass is 531 g/mol. The van der Waals surface area contributed by atoms with Gasteiger partial charge in [0.25, 0.3) is 5.91 Å². The van der Waals surface area contributed by atoms with Crippen molar-refractivity contribution in [3.8, 4) is 0 Å². The van der Waals surface area contributed by atoms with Crippen LogP contribution in [-0.4, -0.2) is 72.4 Å². The first-order valence-electron chi connectivity index (χ1n) is 13.2. The van der Waals surface area contributed by atoms with E-state index in [2.05, 4.69) is 32.6 Å². The number of hydrogen-bond acceptors (Lipinski definition) is 5. The van der Waals surface area contributed by atoms with Crippen molar-refractivity contribution in [3.63, 3.8) is 0 Å². The molecule has 4 rings (SSSR count). The van der Waals surface area contributed by atoms with E-state index in [-0.39, 0.29) is 24.1 Å². The van der Waals surface area contributed by atoms with Gasteiger partial charge in [-0.25, -0.2) is 0 Å². The van der Waals surface area contributed by atoms with Gasteiger partial charge in [0.05, 0.1) is 12.1 Å². The Morgan fingerprint density at radius 3 is 2.50 bits per heavy atom. The Morgan fingerprint density at radius 2 is 1.84 bits per heavy atom. The van der Waals surface area contributed by atoms with E-state index in [1.165, 1.54) is 23.4 Å². The van der Waals surface area contributed by atoms with E-state index >= 15 is 0 Å². The molecular weight excluding hydrogens is 495 g/mol. The molecule has 38 heavy (non-hydrogen) atoms. The molecule has 1 aliphatic carbocycles. The number of likely N-dealkylation sites (tertiary alicyclic amines) is 1. The third-order valence-corrected chi connectivity index (χ3v) is 7.42. The molecule has 206 valence electrons. The van der Waals surface area contributed by atoms with Crippen LogP contribution >= 0.6 is 0 Å². The van der Waals surface area contributed by atoms with Crippen molar-refractivity contribution in [1.82, 2.24) is 25.4 Å². The number of alkyl halides is 3. The molecule has 0 spiro atoms. The Bertz CT molecular complexity index is 1100. The van der Waals surface area contributed by atoms with Crippen LogP contribution in [0, 0.1) is 0 Å². The standard InChI is InChI=1S/C28H36F3N5O2/c1-35(2)17-19-6-11-25(32-15-19)20-7-9-24(10-8-20)36-13-12-23(18-36)34-26(37)16-33-27(38)21-4-3-5-22(14-21)28(29,30)31/h3-6,11,14-15,20,23-24H,7-10,12-13,16-18H2,1-2H3,(H,33,38)(H,34,37)/t20?,23-,24?/m1/s1. The van der Waals surface area contributed by atoms with Gasteiger partial charge in [0.15, 0.2) is 0 Å². The number of amides is 2. The van der Waals surface area contributed by atoms with Gasteiger partial charge in [-0.3, -0.25) is 19.5 Å². The third-order valence-electron chi connectivity index (χ3n) is 7.42. The highest BCUT2D eigenvalue weighted by Crippen LogP contribution is 2.35. The summed E-state index contributed by atoms with van der Waals surface area (Å²) in [6.45, 7) is 2.28. The first kappa shape index (κ1) is 28.0. The number of carbonyl (C=O) groups excluding carboxylic acids is 2. The van der Waals surface area contributed by atoms with E-state index in [1.807, 2.05) is 20.3 Å². The summed E-state index contributed by atoms with van der Waals surface area (Å²) in [4.78, 5) is 33.9. The fraction of sp³-hybridized carbons (Fsp3) is 0.536. The SMILES string of the molecule is CN(C)Cc1ccc(C2CCC(N3CC[C@@H](NC(=O)CNC(=O)c4cccc(C(F)(F)F)c4)C3)CC2)nc1. The smallest absolute Gasteiger partial charge is 0.350 e. The minimum absolute atomic E-state index is 0.00316. The van der Waals surface area contributed by atoms with Gasteiger partial charge in [-0.1, -0.05) is 12.1 Å². The van der Waals surface area contributed by atoms with Crippen molar-refractivity contribution in [2.75, 3.05) is 33.7 Å². The molecule has 1 aliphatic heterocycles. The number of benzene rings is 1. The zero-order valence-electron chi connectivity index (χ0n) is 21.9. The minimum Gasteiger partial charge on any atom is -0.350 e. The fourth-order valence-corrected chi connectivity index (χ4v) is 5.49. The molecule has 1 saturated heterocycles. The van der Waals surface area contributed by atoms with Crippen molar-refractivity contribution in [3.05, 3.63) is 65.0 Å². The van der Waals surface area contributed by atoms with Crippen LogP contribution < -0.4 is 10.6 Å². The largest absolute Gasteiger partial charge is 0.416 e. The van der Waals surface area contributed by atoms with Crippen LogP contribution in [0.3, 0.4) is 0 Å². The number of aromatic nitrogens is 1. The second-order valence-corrected chi connectivity index (χ2v) is 10.6. The molecule has 0 unspecified atom stereocenters.